The number of benzene rings is 2. The van der Waals surface area contributed by atoms with E-state index in [1.54, 1.807) is 19.9 Å². The van der Waals surface area contributed by atoms with Crippen LogP contribution in [0.15, 0.2) is 59.5 Å². The number of nitrogens with one attached hydrogen (secondary N) is 2. The number of pyridine rings is 1. The molecule has 29 heavy (non-hydrogen) atoms. The second-order valence-electron chi connectivity index (χ2n) is 6.20. The smallest absolute Gasteiger partial charge is 0.269 e. The number of hydrazine groups is 1. The lowest BCUT2D eigenvalue weighted by Gasteiger charge is -2.19. The number of carbonyl (C=O) groups excluding carboxylic acids is 1. The van der Waals surface area contributed by atoms with Crippen molar-refractivity contribution < 1.29 is 13.2 Å². The summed E-state index contributed by atoms with van der Waals surface area (Å²) >= 11 is 6.11. The molecule has 0 atom stereocenters. The Morgan fingerprint density at radius 1 is 1.07 bits per heavy atom. The minimum atomic E-state index is -3.79. The van der Waals surface area contributed by atoms with Crippen molar-refractivity contribution in [3.05, 3.63) is 65.2 Å². The molecule has 0 saturated carbocycles. The molecule has 0 aliphatic carbocycles. The monoisotopic (exact) mass is 432 g/mol. The first kappa shape index (κ1) is 21.0. The van der Waals surface area contributed by atoms with Gasteiger partial charge >= 0.3 is 0 Å². The highest BCUT2D eigenvalue weighted by atomic mass is 35.5. The van der Waals surface area contributed by atoms with Gasteiger partial charge in [0, 0.05) is 24.0 Å². The molecule has 9 heteroatoms. The third-order valence-electron chi connectivity index (χ3n) is 4.42. The average Bonchev–Trinajstić information content (AvgIpc) is 2.72. The summed E-state index contributed by atoms with van der Waals surface area (Å²) in [5.41, 5.74) is 6.23. The summed E-state index contributed by atoms with van der Waals surface area (Å²) in [7, 11) is -3.79. The maximum Gasteiger partial charge on any atom is 0.269 e. The maximum absolute atomic E-state index is 12.8. The van der Waals surface area contributed by atoms with Crippen LogP contribution in [-0.4, -0.2) is 36.7 Å². The zero-order valence-electron chi connectivity index (χ0n) is 16.0. The topological polar surface area (TPSA) is 91.4 Å². The Kier molecular flexibility index (Phi) is 6.36. The number of sulfonamides is 1. The number of amides is 1. The minimum absolute atomic E-state index is 0.0672. The van der Waals surface area contributed by atoms with Crippen LogP contribution in [-0.2, 0) is 10.0 Å². The first-order valence-electron chi connectivity index (χ1n) is 9.08. The lowest BCUT2D eigenvalue weighted by molar-refractivity contribution is 0.0962. The van der Waals surface area contributed by atoms with E-state index < -0.39 is 15.9 Å². The van der Waals surface area contributed by atoms with Crippen LogP contribution in [0, 0.1) is 0 Å². The number of fused-ring (bicyclic) bond motifs is 1. The molecule has 0 radical (unpaired) electrons. The number of nitrogens with zero attached hydrogens (tertiary/aromatic N) is 2. The van der Waals surface area contributed by atoms with E-state index in [1.165, 1.54) is 22.5 Å². The summed E-state index contributed by atoms with van der Waals surface area (Å²) in [5.74, 6) is -0.0466. The normalized spacial score (nSPS) is 11.6. The van der Waals surface area contributed by atoms with E-state index in [0.29, 0.717) is 18.9 Å². The van der Waals surface area contributed by atoms with Crippen molar-refractivity contribution in [3.8, 4) is 0 Å². The van der Waals surface area contributed by atoms with Crippen LogP contribution < -0.4 is 10.9 Å². The van der Waals surface area contributed by atoms with E-state index >= 15 is 0 Å². The number of carbonyl (C=O) groups is 1. The Bertz CT molecular complexity index is 1150. The molecule has 2 aromatic carbocycles. The predicted molar refractivity (Wildman–Crippen MR) is 114 cm³/mol. The van der Waals surface area contributed by atoms with Gasteiger partial charge in [0.15, 0.2) is 0 Å². The van der Waals surface area contributed by atoms with E-state index in [9.17, 15) is 13.2 Å². The molecule has 0 spiro atoms. The standard InChI is InChI=1S/C20H21ClN4O3S/c1-3-25(4-2)29(27,28)18-13-15(9-11-16(18)21)20(26)24-23-19-12-10-14-7-5-6-8-17(14)22-19/h5-13H,3-4H2,1-2H3,(H,22,23)(H,24,26). The number of anilines is 1. The molecule has 152 valence electrons. The number of para-hydroxylation sites is 1. The highest BCUT2D eigenvalue weighted by Gasteiger charge is 2.25. The van der Waals surface area contributed by atoms with Gasteiger partial charge in [-0.2, -0.15) is 4.31 Å². The molecular weight excluding hydrogens is 412 g/mol. The van der Waals surface area contributed by atoms with Crippen LogP contribution in [0.4, 0.5) is 5.82 Å². The van der Waals surface area contributed by atoms with Gasteiger partial charge in [0.25, 0.3) is 5.91 Å². The fraction of sp³-hybridized carbons (Fsp3) is 0.200. The summed E-state index contributed by atoms with van der Waals surface area (Å²) < 4.78 is 26.8. The van der Waals surface area contributed by atoms with Crippen LogP contribution in [0.2, 0.25) is 5.02 Å². The summed E-state index contributed by atoms with van der Waals surface area (Å²) in [6, 6.07) is 15.4. The molecule has 3 rings (SSSR count). The zero-order valence-corrected chi connectivity index (χ0v) is 17.6. The first-order chi connectivity index (χ1) is 13.9. The summed E-state index contributed by atoms with van der Waals surface area (Å²) in [6.07, 6.45) is 0. The minimum Gasteiger partial charge on any atom is -0.282 e. The SMILES string of the molecule is CCN(CC)S(=O)(=O)c1cc(C(=O)NNc2ccc3ccccc3n2)ccc1Cl. The Morgan fingerprint density at radius 2 is 1.79 bits per heavy atom. The quantitative estimate of drug-likeness (QED) is 0.556. The third kappa shape index (κ3) is 4.50. The number of halogens is 1. The Labute approximate surface area is 174 Å². The molecule has 0 aliphatic rings. The van der Waals surface area contributed by atoms with Crippen molar-refractivity contribution in [2.24, 2.45) is 0 Å². The predicted octanol–water partition coefficient (Wildman–Crippen LogP) is 3.68. The molecule has 1 heterocycles. The number of hydrogen-bond donors (Lipinski definition) is 2. The molecular formula is C20H21ClN4O3S. The van der Waals surface area contributed by atoms with E-state index in [0.717, 1.165) is 10.9 Å². The van der Waals surface area contributed by atoms with Gasteiger partial charge < -0.3 is 0 Å². The van der Waals surface area contributed by atoms with Crippen LogP contribution in [0.3, 0.4) is 0 Å². The van der Waals surface area contributed by atoms with Crippen LogP contribution >= 0.6 is 11.6 Å². The average molecular weight is 433 g/mol. The molecule has 0 bridgehead atoms. The van der Waals surface area contributed by atoms with Gasteiger partial charge in [-0.15, -0.1) is 0 Å². The van der Waals surface area contributed by atoms with E-state index in [1.807, 2.05) is 30.3 Å². The summed E-state index contributed by atoms with van der Waals surface area (Å²) in [4.78, 5) is 16.8. The Hall–Kier alpha value is -2.68. The molecule has 1 aromatic heterocycles. The zero-order chi connectivity index (χ0) is 21.0. The van der Waals surface area contributed by atoms with Gasteiger partial charge in [-0.3, -0.25) is 15.6 Å². The number of hydrogen-bond acceptors (Lipinski definition) is 5. The Balaban J connectivity index is 1.80. The Morgan fingerprint density at radius 3 is 2.52 bits per heavy atom. The largest absolute Gasteiger partial charge is 0.282 e. The lowest BCUT2D eigenvalue weighted by atomic mass is 10.2. The number of rotatable bonds is 7. The van der Waals surface area contributed by atoms with Crippen molar-refractivity contribution in [3.63, 3.8) is 0 Å². The number of aromatic nitrogens is 1. The van der Waals surface area contributed by atoms with E-state index in [4.69, 9.17) is 11.6 Å². The van der Waals surface area contributed by atoms with Gasteiger partial charge in [-0.25, -0.2) is 13.4 Å². The fourth-order valence-electron chi connectivity index (χ4n) is 2.87. The second kappa shape index (κ2) is 8.77. The molecule has 1 amide bonds. The maximum atomic E-state index is 12.8. The van der Waals surface area contributed by atoms with Crippen LogP contribution in [0.1, 0.15) is 24.2 Å². The molecule has 7 nitrogen and oxygen atoms in total. The van der Waals surface area contributed by atoms with Crippen molar-refractivity contribution in [2.75, 3.05) is 18.5 Å². The lowest BCUT2D eigenvalue weighted by Crippen LogP contribution is -2.32. The fourth-order valence-corrected chi connectivity index (χ4v) is 4.83. The first-order valence-corrected chi connectivity index (χ1v) is 10.9. The van der Waals surface area contributed by atoms with E-state index in [2.05, 4.69) is 15.8 Å². The summed E-state index contributed by atoms with van der Waals surface area (Å²) in [6.45, 7) is 4.10. The second-order valence-corrected chi connectivity index (χ2v) is 8.52. The van der Waals surface area contributed by atoms with Gasteiger partial charge in [-0.1, -0.05) is 43.6 Å². The van der Waals surface area contributed by atoms with Gasteiger partial charge in [-0.05, 0) is 36.4 Å². The highest BCUT2D eigenvalue weighted by molar-refractivity contribution is 7.89. The van der Waals surface area contributed by atoms with Crippen LogP contribution in [0.25, 0.3) is 10.9 Å². The van der Waals surface area contributed by atoms with Gasteiger partial charge in [0.1, 0.15) is 10.7 Å². The molecule has 0 saturated heterocycles. The van der Waals surface area contributed by atoms with E-state index in [-0.39, 0.29) is 15.5 Å². The van der Waals surface area contributed by atoms with Crippen molar-refractivity contribution in [1.82, 2.24) is 14.7 Å². The van der Waals surface area contributed by atoms with Crippen molar-refractivity contribution in [2.45, 2.75) is 18.7 Å². The molecule has 0 unspecified atom stereocenters. The summed E-state index contributed by atoms with van der Waals surface area (Å²) in [5, 5.41) is 1.05. The van der Waals surface area contributed by atoms with Gasteiger partial charge in [0.05, 0.1) is 10.5 Å². The van der Waals surface area contributed by atoms with Gasteiger partial charge in [0.2, 0.25) is 10.0 Å². The molecule has 0 aliphatic heterocycles. The van der Waals surface area contributed by atoms with Crippen molar-refractivity contribution >= 4 is 44.3 Å². The molecule has 2 N–H and O–H groups in total. The highest BCUT2D eigenvalue weighted by Crippen LogP contribution is 2.26. The van der Waals surface area contributed by atoms with Crippen LogP contribution in [0.5, 0.6) is 0 Å². The molecule has 0 fully saturated rings. The van der Waals surface area contributed by atoms with Crippen molar-refractivity contribution in [1.29, 1.82) is 0 Å². The molecule has 3 aromatic rings. The third-order valence-corrected chi connectivity index (χ3v) is 6.95.